The molecule has 1 aliphatic heterocycles. The number of likely N-dealkylation sites (N-methyl/N-ethyl adjacent to an activating group) is 1. The van der Waals surface area contributed by atoms with Gasteiger partial charge in [-0.25, -0.2) is 0 Å². The highest BCUT2D eigenvalue weighted by Gasteiger charge is 2.22. The van der Waals surface area contributed by atoms with Crippen LogP contribution in [0.3, 0.4) is 0 Å². The highest BCUT2D eigenvalue weighted by molar-refractivity contribution is 4.78. The minimum Gasteiger partial charge on any atom is -0.389 e. The Morgan fingerprint density at radius 3 is 2.58 bits per heavy atom. The van der Waals surface area contributed by atoms with Crippen LogP contribution < -0.4 is 0 Å². The smallest absolute Gasteiger partial charge is 0.0900 e. The third-order valence-corrected chi connectivity index (χ3v) is 4.08. The van der Waals surface area contributed by atoms with Crippen molar-refractivity contribution in [3.05, 3.63) is 0 Å². The van der Waals surface area contributed by atoms with Gasteiger partial charge in [-0.3, -0.25) is 0 Å². The van der Waals surface area contributed by atoms with E-state index >= 15 is 0 Å². The molecule has 0 bridgehead atoms. The van der Waals surface area contributed by atoms with Gasteiger partial charge in [0.15, 0.2) is 0 Å². The zero-order valence-corrected chi connectivity index (χ0v) is 13.0. The standard InChI is InChI=1S/C15H32N2O2/c1-4-6-11-19-13-15(18)12-16(3)14-7-9-17(5-2)10-8-14/h14-15,18H,4-13H2,1-3H3. The van der Waals surface area contributed by atoms with Crippen LogP contribution in [0.5, 0.6) is 0 Å². The van der Waals surface area contributed by atoms with E-state index < -0.39 is 0 Å². The molecule has 0 aliphatic carbocycles. The number of unbranched alkanes of at least 4 members (excludes halogenated alkanes) is 1. The van der Waals surface area contributed by atoms with Gasteiger partial charge in [-0.05, 0) is 45.9 Å². The summed E-state index contributed by atoms with van der Waals surface area (Å²) in [6.07, 6.45) is 4.30. The van der Waals surface area contributed by atoms with E-state index in [0.29, 0.717) is 12.6 Å². The minimum absolute atomic E-state index is 0.355. The monoisotopic (exact) mass is 272 g/mol. The summed E-state index contributed by atoms with van der Waals surface area (Å²) in [5.74, 6) is 0. The Morgan fingerprint density at radius 2 is 2.00 bits per heavy atom. The molecule has 1 unspecified atom stereocenters. The van der Waals surface area contributed by atoms with Crippen molar-refractivity contribution in [2.75, 3.05) is 46.4 Å². The van der Waals surface area contributed by atoms with Crippen LogP contribution in [0.25, 0.3) is 0 Å². The molecule has 114 valence electrons. The molecule has 0 aromatic rings. The maximum absolute atomic E-state index is 9.97. The number of hydrogen-bond donors (Lipinski definition) is 1. The van der Waals surface area contributed by atoms with Gasteiger partial charge in [-0.1, -0.05) is 20.3 Å². The van der Waals surface area contributed by atoms with Gasteiger partial charge >= 0.3 is 0 Å². The second-order valence-electron chi connectivity index (χ2n) is 5.69. The quantitative estimate of drug-likeness (QED) is 0.647. The van der Waals surface area contributed by atoms with Crippen molar-refractivity contribution < 1.29 is 9.84 Å². The van der Waals surface area contributed by atoms with Gasteiger partial charge in [0.25, 0.3) is 0 Å². The summed E-state index contributed by atoms with van der Waals surface area (Å²) in [5, 5.41) is 9.97. The molecule has 19 heavy (non-hydrogen) atoms. The van der Waals surface area contributed by atoms with Gasteiger partial charge in [0.2, 0.25) is 0 Å². The van der Waals surface area contributed by atoms with Gasteiger partial charge in [-0.15, -0.1) is 0 Å². The lowest BCUT2D eigenvalue weighted by Crippen LogP contribution is -2.46. The van der Waals surface area contributed by atoms with E-state index in [0.717, 1.165) is 32.5 Å². The molecule has 1 rings (SSSR count). The third kappa shape index (κ3) is 6.70. The number of aliphatic hydroxyl groups is 1. The number of ether oxygens (including phenoxy) is 1. The zero-order valence-electron chi connectivity index (χ0n) is 13.0. The van der Waals surface area contributed by atoms with E-state index in [1.807, 2.05) is 0 Å². The number of likely N-dealkylation sites (tertiary alicyclic amines) is 1. The van der Waals surface area contributed by atoms with Crippen molar-refractivity contribution in [2.24, 2.45) is 0 Å². The summed E-state index contributed by atoms with van der Waals surface area (Å²) >= 11 is 0. The van der Waals surface area contributed by atoms with Crippen molar-refractivity contribution in [3.63, 3.8) is 0 Å². The highest BCUT2D eigenvalue weighted by atomic mass is 16.5. The molecule has 1 fully saturated rings. The van der Waals surface area contributed by atoms with Gasteiger partial charge < -0.3 is 19.6 Å². The van der Waals surface area contributed by atoms with Crippen LogP contribution in [0.4, 0.5) is 0 Å². The zero-order chi connectivity index (χ0) is 14.1. The van der Waals surface area contributed by atoms with E-state index in [9.17, 15) is 5.11 Å². The van der Waals surface area contributed by atoms with Crippen LogP contribution in [-0.4, -0.2) is 73.5 Å². The Morgan fingerprint density at radius 1 is 1.32 bits per heavy atom. The Bertz CT molecular complexity index is 218. The fraction of sp³-hybridized carbons (Fsp3) is 1.00. The molecule has 0 aromatic carbocycles. The number of piperidine rings is 1. The lowest BCUT2D eigenvalue weighted by atomic mass is 10.0. The van der Waals surface area contributed by atoms with Gasteiger partial charge in [0, 0.05) is 19.2 Å². The first kappa shape index (κ1) is 16.9. The van der Waals surface area contributed by atoms with Crippen molar-refractivity contribution in [1.82, 2.24) is 9.80 Å². The Balaban J connectivity index is 2.14. The first-order valence-corrected chi connectivity index (χ1v) is 7.85. The topological polar surface area (TPSA) is 35.9 Å². The highest BCUT2D eigenvalue weighted by Crippen LogP contribution is 2.15. The van der Waals surface area contributed by atoms with Crippen LogP contribution in [0, 0.1) is 0 Å². The first-order chi connectivity index (χ1) is 9.17. The van der Waals surface area contributed by atoms with Crippen molar-refractivity contribution in [2.45, 2.75) is 51.7 Å². The molecular weight excluding hydrogens is 240 g/mol. The summed E-state index contributed by atoms with van der Waals surface area (Å²) in [7, 11) is 2.13. The van der Waals surface area contributed by atoms with Crippen LogP contribution >= 0.6 is 0 Å². The van der Waals surface area contributed by atoms with Crippen molar-refractivity contribution in [1.29, 1.82) is 0 Å². The molecule has 1 heterocycles. The van der Waals surface area contributed by atoms with Crippen LogP contribution in [-0.2, 0) is 4.74 Å². The molecule has 4 nitrogen and oxygen atoms in total. The fourth-order valence-corrected chi connectivity index (χ4v) is 2.68. The normalized spacial score (nSPS) is 20.1. The molecule has 1 atom stereocenters. The SMILES string of the molecule is CCCCOCC(O)CN(C)C1CCN(CC)CC1. The molecule has 1 aliphatic rings. The Kier molecular flexibility index (Phi) is 8.62. The lowest BCUT2D eigenvalue weighted by molar-refractivity contribution is 0.00734. The molecule has 0 amide bonds. The van der Waals surface area contributed by atoms with Crippen molar-refractivity contribution in [3.8, 4) is 0 Å². The predicted molar refractivity (Wildman–Crippen MR) is 79.5 cm³/mol. The summed E-state index contributed by atoms with van der Waals surface area (Å²) < 4.78 is 5.47. The lowest BCUT2D eigenvalue weighted by Gasteiger charge is -2.37. The van der Waals surface area contributed by atoms with Crippen molar-refractivity contribution >= 4 is 0 Å². The Hall–Kier alpha value is -0.160. The Labute approximate surface area is 118 Å². The molecule has 4 heteroatoms. The number of rotatable bonds is 9. The average molecular weight is 272 g/mol. The van der Waals surface area contributed by atoms with E-state index in [2.05, 4.69) is 30.7 Å². The van der Waals surface area contributed by atoms with Crippen LogP contribution in [0.15, 0.2) is 0 Å². The molecule has 0 saturated carbocycles. The molecular formula is C15H32N2O2. The second-order valence-corrected chi connectivity index (χ2v) is 5.69. The molecule has 1 N–H and O–H groups in total. The average Bonchev–Trinajstić information content (AvgIpc) is 2.43. The number of nitrogens with zero attached hydrogens (tertiary/aromatic N) is 2. The van der Waals surface area contributed by atoms with E-state index in [1.165, 1.54) is 25.9 Å². The van der Waals surface area contributed by atoms with Crippen LogP contribution in [0.2, 0.25) is 0 Å². The third-order valence-electron chi connectivity index (χ3n) is 4.08. The molecule has 1 saturated heterocycles. The molecule has 0 aromatic heterocycles. The van der Waals surface area contributed by atoms with Gasteiger partial charge in [0.05, 0.1) is 12.7 Å². The van der Waals surface area contributed by atoms with Crippen LogP contribution in [0.1, 0.15) is 39.5 Å². The molecule has 0 radical (unpaired) electrons. The second kappa shape index (κ2) is 9.70. The van der Waals surface area contributed by atoms with Gasteiger partial charge in [0.1, 0.15) is 0 Å². The largest absolute Gasteiger partial charge is 0.389 e. The fourth-order valence-electron chi connectivity index (χ4n) is 2.68. The summed E-state index contributed by atoms with van der Waals surface area (Å²) in [6, 6.07) is 0.619. The maximum atomic E-state index is 9.97. The predicted octanol–water partition coefficient (Wildman–Crippen LogP) is 1.58. The van der Waals surface area contributed by atoms with E-state index in [-0.39, 0.29) is 6.10 Å². The first-order valence-electron chi connectivity index (χ1n) is 7.85. The number of aliphatic hydroxyl groups excluding tert-OH is 1. The summed E-state index contributed by atoms with van der Waals surface area (Å²) in [5.41, 5.74) is 0. The van der Waals surface area contributed by atoms with E-state index in [4.69, 9.17) is 4.74 Å². The summed E-state index contributed by atoms with van der Waals surface area (Å²) in [4.78, 5) is 4.80. The number of hydrogen-bond acceptors (Lipinski definition) is 4. The van der Waals surface area contributed by atoms with Gasteiger partial charge in [-0.2, -0.15) is 0 Å². The summed E-state index contributed by atoms with van der Waals surface area (Å²) in [6.45, 7) is 9.87. The maximum Gasteiger partial charge on any atom is 0.0900 e. The minimum atomic E-state index is -0.355. The van der Waals surface area contributed by atoms with E-state index in [1.54, 1.807) is 0 Å². The molecule has 0 spiro atoms.